The third kappa shape index (κ3) is 2.86. The van der Waals surface area contributed by atoms with Crippen molar-refractivity contribution >= 4 is 5.69 Å². The van der Waals surface area contributed by atoms with E-state index in [1.54, 1.807) is 6.07 Å². The zero-order valence-corrected chi connectivity index (χ0v) is 11.1. The fourth-order valence-corrected chi connectivity index (χ4v) is 2.08. The van der Waals surface area contributed by atoms with E-state index in [4.69, 9.17) is 5.26 Å². The molecule has 0 aliphatic carbocycles. The molecule has 0 radical (unpaired) electrons. The zero-order chi connectivity index (χ0) is 13.8. The molecule has 0 saturated heterocycles. The summed E-state index contributed by atoms with van der Waals surface area (Å²) in [5.41, 5.74) is 4.28. The topological polar surface area (TPSA) is 56.0 Å². The largest absolute Gasteiger partial charge is 0.507 e. The third-order valence-electron chi connectivity index (χ3n) is 3.08. The molecule has 2 aromatic rings. The second-order valence-corrected chi connectivity index (χ2v) is 4.59. The summed E-state index contributed by atoms with van der Waals surface area (Å²) in [6.45, 7) is 4.39. The monoisotopic (exact) mass is 252 g/mol. The fourth-order valence-electron chi connectivity index (χ4n) is 2.08. The lowest BCUT2D eigenvalue weighted by atomic mass is 10.1. The minimum absolute atomic E-state index is 0.348. The molecule has 0 spiro atoms. The Kier molecular flexibility index (Phi) is 3.72. The van der Waals surface area contributed by atoms with Gasteiger partial charge in [0.25, 0.3) is 0 Å². The first-order valence-corrected chi connectivity index (χ1v) is 6.14. The van der Waals surface area contributed by atoms with Crippen molar-refractivity contribution in [1.82, 2.24) is 0 Å². The summed E-state index contributed by atoms with van der Waals surface area (Å²) >= 11 is 0. The Morgan fingerprint density at radius 1 is 1.16 bits per heavy atom. The maximum Gasteiger partial charge on any atom is 0.121 e. The van der Waals surface area contributed by atoms with E-state index >= 15 is 0 Å². The van der Waals surface area contributed by atoms with E-state index in [0.29, 0.717) is 17.9 Å². The SMILES string of the molecule is Cc1cc(CNc2ccccc2C#N)cc(C)c1O. The molecule has 3 heteroatoms. The molecule has 0 atom stereocenters. The number of nitriles is 1. The fraction of sp³-hybridized carbons (Fsp3) is 0.188. The summed E-state index contributed by atoms with van der Waals surface area (Å²) in [7, 11) is 0. The lowest BCUT2D eigenvalue weighted by Crippen LogP contribution is -2.02. The molecular formula is C16H16N2O. The van der Waals surface area contributed by atoms with E-state index in [2.05, 4.69) is 11.4 Å². The van der Waals surface area contributed by atoms with Crippen molar-refractivity contribution in [2.24, 2.45) is 0 Å². The molecule has 0 fully saturated rings. The van der Waals surface area contributed by atoms with Crippen molar-refractivity contribution < 1.29 is 5.11 Å². The van der Waals surface area contributed by atoms with Crippen molar-refractivity contribution in [3.8, 4) is 11.8 Å². The number of para-hydroxylation sites is 1. The van der Waals surface area contributed by atoms with Crippen LogP contribution in [0.15, 0.2) is 36.4 Å². The van der Waals surface area contributed by atoms with Crippen molar-refractivity contribution in [3.63, 3.8) is 0 Å². The number of nitrogens with zero attached hydrogens (tertiary/aromatic N) is 1. The molecule has 0 amide bonds. The van der Waals surface area contributed by atoms with Crippen LogP contribution in [0.2, 0.25) is 0 Å². The minimum Gasteiger partial charge on any atom is -0.507 e. The first-order chi connectivity index (χ1) is 9.11. The molecule has 0 aromatic heterocycles. The van der Waals surface area contributed by atoms with Crippen LogP contribution in [0.25, 0.3) is 0 Å². The number of aromatic hydroxyl groups is 1. The average molecular weight is 252 g/mol. The molecule has 2 N–H and O–H groups in total. The summed E-state index contributed by atoms with van der Waals surface area (Å²) in [5, 5.41) is 22.0. The molecule has 0 aliphatic rings. The van der Waals surface area contributed by atoms with Gasteiger partial charge in [0.2, 0.25) is 0 Å². The van der Waals surface area contributed by atoms with Crippen LogP contribution in [0.5, 0.6) is 5.75 Å². The molecule has 0 aliphatic heterocycles. The Morgan fingerprint density at radius 2 is 1.79 bits per heavy atom. The number of aryl methyl sites for hydroxylation is 2. The third-order valence-corrected chi connectivity index (χ3v) is 3.08. The molecule has 0 heterocycles. The number of hydrogen-bond donors (Lipinski definition) is 2. The number of anilines is 1. The average Bonchev–Trinajstić information content (AvgIpc) is 2.42. The van der Waals surface area contributed by atoms with Gasteiger partial charge in [0.05, 0.1) is 11.3 Å². The summed E-state index contributed by atoms with van der Waals surface area (Å²) in [6.07, 6.45) is 0. The van der Waals surface area contributed by atoms with Crippen LogP contribution in [-0.2, 0) is 6.54 Å². The molecule has 0 saturated carbocycles. The highest BCUT2D eigenvalue weighted by atomic mass is 16.3. The van der Waals surface area contributed by atoms with Crippen LogP contribution in [0, 0.1) is 25.2 Å². The highest BCUT2D eigenvalue weighted by Crippen LogP contribution is 2.23. The summed E-state index contributed by atoms with van der Waals surface area (Å²) in [5.74, 6) is 0.348. The van der Waals surface area contributed by atoms with E-state index < -0.39 is 0 Å². The molecule has 0 unspecified atom stereocenters. The number of phenols is 1. The van der Waals surface area contributed by atoms with Gasteiger partial charge in [-0.05, 0) is 42.7 Å². The predicted octanol–water partition coefficient (Wildman–Crippen LogP) is 3.49. The molecule has 2 rings (SSSR count). The number of nitrogens with one attached hydrogen (secondary N) is 1. The molecule has 0 bridgehead atoms. The Balaban J connectivity index is 2.17. The smallest absolute Gasteiger partial charge is 0.121 e. The first kappa shape index (κ1) is 13.0. The highest BCUT2D eigenvalue weighted by molar-refractivity contribution is 5.57. The molecule has 19 heavy (non-hydrogen) atoms. The van der Waals surface area contributed by atoms with Gasteiger partial charge in [-0.1, -0.05) is 24.3 Å². The standard InChI is InChI=1S/C16H16N2O/c1-11-7-13(8-12(2)16(11)19)10-18-15-6-4-3-5-14(15)9-17/h3-8,18-19H,10H2,1-2H3. The minimum atomic E-state index is 0.348. The lowest BCUT2D eigenvalue weighted by Gasteiger charge is -2.11. The van der Waals surface area contributed by atoms with Crippen LogP contribution in [0.1, 0.15) is 22.3 Å². The Labute approximate surface area is 113 Å². The van der Waals surface area contributed by atoms with Crippen molar-refractivity contribution in [2.75, 3.05) is 5.32 Å². The van der Waals surface area contributed by atoms with Gasteiger partial charge in [-0.25, -0.2) is 0 Å². The van der Waals surface area contributed by atoms with Crippen molar-refractivity contribution in [3.05, 3.63) is 58.7 Å². The Bertz CT molecular complexity index is 618. The molecule has 2 aromatic carbocycles. The highest BCUT2D eigenvalue weighted by Gasteiger charge is 2.04. The maximum absolute atomic E-state index is 9.73. The molecule has 96 valence electrons. The van der Waals surface area contributed by atoms with Gasteiger partial charge in [0.1, 0.15) is 11.8 Å². The van der Waals surface area contributed by atoms with Gasteiger partial charge in [-0.3, -0.25) is 0 Å². The van der Waals surface area contributed by atoms with E-state index in [0.717, 1.165) is 22.4 Å². The van der Waals surface area contributed by atoms with Gasteiger partial charge < -0.3 is 10.4 Å². The van der Waals surface area contributed by atoms with Crippen LogP contribution < -0.4 is 5.32 Å². The van der Waals surface area contributed by atoms with E-state index in [-0.39, 0.29) is 0 Å². The van der Waals surface area contributed by atoms with E-state index in [1.807, 2.05) is 44.2 Å². The van der Waals surface area contributed by atoms with Gasteiger partial charge >= 0.3 is 0 Å². The van der Waals surface area contributed by atoms with Crippen LogP contribution in [0.3, 0.4) is 0 Å². The number of rotatable bonds is 3. The second-order valence-electron chi connectivity index (χ2n) is 4.59. The van der Waals surface area contributed by atoms with Gasteiger partial charge in [0, 0.05) is 6.54 Å². The van der Waals surface area contributed by atoms with Crippen LogP contribution in [-0.4, -0.2) is 5.11 Å². The Morgan fingerprint density at radius 3 is 2.42 bits per heavy atom. The number of hydrogen-bond acceptors (Lipinski definition) is 3. The predicted molar refractivity (Wildman–Crippen MR) is 76.1 cm³/mol. The normalized spacial score (nSPS) is 9.95. The van der Waals surface area contributed by atoms with Gasteiger partial charge in [-0.15, -0.1) is 0 Å². The quantitative estimate of drug-likeness (QED) is 0.879. The molecule has 3 nitrogen and oxygen atoms in total. The van der Waals surface area contributed by atoms with Crippen molar-refractivity contribution in [1.29, 1.82) is 5.26 Å². The van der Waals surface area contributed by atoms with Gasteiger partial charge in [-0.2, -0.15) is 5.26 Å². The summed E-state index contributed by atoms with van der Waals surface area (Å²) in [4.78, 5) is 0. The zero-order valence-electron chi connectivity index (χ0n) is 11.1. The number of phenolic OH excluding ortho intramolecular Hbond substituents is 1. The van der Waals surface area contributed by atoms with Crippen molar-refractivity contribution in [2.45, 2.75) is 20.4 Å². The lowest BCUT2D eigenvalue weighted by molar-refractivity contribution is 0.466. The summed E-state index contributed by atoms with van der Waals surface area (Å²) < 4.78 is 0. The summed E-state index contributed by atoms with van der Waals surface area (Å²) in [6, 6.07) is 13.5. The van der Waals surface area contributed by atoms with Gasteiger partial charge in [0.15, 0.2) is 0 Å². The van der Waals surface area contributed by atoms with E-state index in [9.17, 15) is 5.11 Å². The maximum atomic E-state index is 9.73. The second kappa shape index (κ2) is 5.45. The van der Waals surface area contributed by atoms with E-state index in [1.165, 1.54) is 0 Å². The Hall–Kier alpha value is -2.47. The van der Waals surface area contributed by atoms with Crippen LogP contribution in [0.4, 0.5) is 5.69 Å². The molecular weight excluding hydrogens is 236 g/mol. The first-order valence-electron chi connectivity index (χ1n) is 6.14. The van der Waals surface area contributed by atoms with Crippen LogP contribution >= 0.6 is 0 Å². The number of benzene rings is 2.